The number of hydrogen-bond donors (Lipinski definition) is 1. The van der Waals surface area contributed by atoms with Crippen LogP contribution in [0.25, 0.3) is 0 Å². The summed E-state index contributed by atoms with van der Waals surface area (Å²) < 4.78 is 0. The Balaban J connectivity index is 1.86. The largest absolute Gasteiger partial charge is 0.481 e. The lowest BCUT2D eigenvalue weighted by Gasteiger charge is -2.40. The number of aliphatic carboxylic acids is 1. The monoisotopic (exact) mass is 448 g/mol. The van der Waals surface area contributed by atoms with E-state index in [1.54, 1.807) is 40.1 Å². The topological polar surface area (TPSA) is 77.9 Å². The van der Waals surface area contributed by atoms with Crippen molar-refractivity contribution in [3.05, 3.63) is 69.2 Å². The molecule has 0 bridgehead atoms. The van der Waals surface area contributed by atoms with Crippen molar-refractivity contribution in [1.82, 2.24) is 9.80 Å². The quantitative estimate of drug-likeness (QED) is 0.621. The van der Waals surface area contributed by atoms with Gasteiger partial charge in [0.2, 0.25) is 0 Å². The van der Waals surface area contributed by atoms with Crippen molar-refractivity contribution in [2.45, 2.75) is 26.4 Å². The first-order valence-electron chi connectivity index (χ1n) is 9.53. The minimum absolute atomic E-state index is 0.0526. The zero-order chi connectivity index (χ0) is 21.8. The van der Waals surface area contributed by atoms with E-state index in [0.717, 1.165) is 11.1 Å². The third kappa shape index (κ3) is 5.32. The van der Waals surface area contributed by atoms with Crippen molar-refractivity contribution in [2.75, 3.05) is 13.1 Å². The van der Waals surface area contributed by atoms with Crippen LogP contribution in [0.4, 0.5) is 4.79 Å². The molecule has 1 aliphatic rings. The summed E-state index contributed by atoms with van der Waals surface area (Å²) >= 11 is 12.2. The predicted octanol–water partition coefficient (Wildman–Crippen LogP) is 4.72. The van der Waals surface area contributed by atoms with E-state index in [4.69, 9.17) is 23.2 Å². The van der Waals surface area contributed by atoms with Crippen LogP contribution in [0.3, 0.4) is 0 Å². The van der Waals surface area contributed by atoms with Crippen molar-refractivity contribution in [3.8, 4) is 0 Å². The first-order chi connectivity index (χ1) is 14.2. The van der Waals surface area contributed by atoms with Gasteiger partial charge in [0.05, 0.1) is 6.42 Å². The number of Topliss-reactive ketones (excluding diaryl/α,β-unsaturated/α-hetero) is 1. The van der Waals surface area contributed by atoms with Crippen molar-refractivity contribution in [3.63, 3.8) is 0 Å². The second-order valence-corrected chi connectivity index (χ2v) is 8.30. The number of amides is 2. The summed E-state index contributed by atoms with van der Waals surface area (Å²) in [5.41, 5.74) is 2.02. The minimum Gasteiger partial charge on any atom is -0.481 e. The summed E-state index contributed by atoms with van der Waals surface area (Å²) in [5.74, 6) is -1.24. The number of urea groups is 1. The van der Waals surface area contributed by atoms with Gasteiger partial charge in [-0.25, -0.2) is 4.79 Å². The molecule has 2 amide bonds. The fourth-order valence-corrected chi connectivity index (χ4v) is 4.21. The predicted molar refractivity (Wildman–Crippen MR) is 115 cm³/mol. The summed E-state index contributed by atoms with van der Waals surface area (Å²) in [6.07, 6.45) is -0.0526. The Morgan fingerprint density at radius 3 is 2.27 bits per heavy atom. The maximum atomic E-state index is 13.2. The van der Waals surface area contributed by atoms with Crippen LogP contribution < -0.4 is 0 Å². The number of carboxylic acid groups (broad SMARTS) is 1. The van der Waals surface area contributed by atoms with Crippen molar-refractivity contribution >= 4 is 41.0 Å². The molecule has 1 fully saturated rings. The highest BCUT2D eigenvalue weighted by molar-refractivity contribution is 6.35. The molecule has 2 aromatic rings. The number of rotatable bonds is 7. The van der Waals surface area contributed by atoms with Crippen LogP contribution in [0.2, 0.25) is 10.0 Å². The molecule has 0 aliphatic carbocycles. The fraction of sp³-hybridized carbons (Fsp3) is 0.318. The van der Waals surface area contributed by atoms with Gasteiger partial charge in [0.15, 0.2) is 5.78 Å². The van der Waals surface area contributed by atoms with Crippen LogP contribution >= 0.6 is 23.2 Å². The highest BCUT2D eigenvalue weighted by atomic mass is 35.5. The molecule has 1 atom stereocenters. The SMILES string of the molecule is CC(=O)c1ccccc1CN1CC(CC(=O)O)CN(Cc2ccc(Cl)cc2Cl)C1=O. The van der Waals surface area contributed by atoms with Gasteiger partial charge in [0, 0.05) is 47.7 Å². The lowest BCUT2D eigenvalue weighted by molar-refractivity contribution is -0.138. The van der Waals surface area contributed by atoms with Crippen molar-refractivity contribution in [1.29, 1.82) is 0 Å². The summed E-state index contributed by atoms with van der Waals surface area (Å²) in [6, 6.07) is 12.0. The molecular weight excluding hydrogens is 427 g/mol. The maximum absolute atomic E-state index is 13.2. The Morgan fingerprint density at radius 1 is 1.03 bits per heavy atom. The summed E-state index contributed by atoms with van der Waals surface area (Å²) in [4.78, 5) is 39.6. The number of carbonyl (C=O) groups excluding carboxylic acids is 2. The molecule has 1 unspecified atom stereocenters. The molecular formula is C22H22Cl2N2O4. The zero-order valence-corrected chi connectivity index (χ0v) is 18.0. The van der Waals surface area contributed by atoms with Gasteiger partial charge in [-0.3, -0.25) is 9.59 Å². The van der Waals surface area contributed by atoms with Gasteiger partial charge in [-0.15, -0.1) is 0 Å². The second kappa shape index (κ2) is 9.49. The number of nitrogens with zero attached hydrogens (tertiary/aromatic N) is 2. The maximum Gasteiger partial charge on any atom is 0.320 e. The minimum atomic E-state index is -0.914. The molecule has 158 valence electrons. The van der Waals surface area contributed by atoms with Gasteiger partial charge >= 0.3 is 12.0 Å². The van der Waals surface area contributed by atoms with Crippen molar-refractivity contribution in [2.24, 2.45) is 5.92 Å². The second-order valence-electron chi connectivity index (χ2n) is 7.46. The van der Waals surface area contributed by atoms with Crippen LogP contribution in [-0.4, -0.2) is 45.8 Å². The van der Waals surface area contributed by atoms with E-state index in [0.29, 0.717) is 28.7 Å². The normalized spacial score (nSPS) is 16.6. The molecule has 2 aromatic carbocycles. The molecule has 0 aromatic heterocycles. The third-order valence-corrected chi connectivity index (χ3v) is 5.68. The molecule has 1 saturated heterocycles. The van der Waals surface area contributed by atoms with Crippen LogP contribution in [-0.2, 0) is 17.9 Å². The molecule has 1 heterocycles. The Morgan fingerprint density at radius 2 is 1.67 bits per heavy atom. The van der Waals surface area contributed by atoms with E-state index in [1.165, 1.54) is 6.92 Å². The van der Waals surface area contributed by atoms with Gasteiger partial charge in [0.1, 0.15) is 0 Å². The number of carbonyl (C=O) groups is 3. The summed E-state index contributed by atoms with van der Waals surface area (Å²) in [7, 11) is 0. The van der Waals surface area contributed by atoms with Gasteiger partial charge in [-0.2, -0.15) is 0 Å². The molecule has 1 aliphatic heterocycles. The van der Waals surface area contributed by atoms with E-state index < -0.39 is 5.97 Å². The van der Waals surface area contributed by atoms with E-state index in [9.17, 15) is 19.5 Å². The number of ketones is 1. The van der Waals surface area contributed by atoms with Gasteiger partial charge in [-0.1, -0.05) is 53.5 Å². The lowest BCUT2D eigenvalue weighted by atomic mass is 9.99. The first kappa shape index (κ1) is 22.1. The number of halogens is 2. The van der Waals surface area contributed by atoms with Crippen LogP contribution in [0.15, 0.2) is 42.5 Å². The Kier molecular flexibility index (Phi) is 7.00. The fourth-order valence-electron chi connectivity index (χ4n) is 3.74. The van der Waals surface area contributed by atoms with E-state index in [-0.39, 0.29) is 37.2 Å². The molecule has 8 heteroatoms. The smallest absolute Gasteiger partial charge is 0.320 e. The molecule has 30 heavy (non-hydrogen) atoms. The third-order valence-electron chi connectivity index (χ3n) is 5.10. The van der Waals surface area contributed by atoms with Crippen LogP contribution in [0.5, 0.6) is 0 Å². The van der Waals surface area contributed by atoms with Gasteiger partial charge < -0.3 is 14.9 Å². The highest BCUT2D eigenvalue weighted by Gasteiger charge is 2.33. The molecule has 1 N–H and O–H groups in total. The molecule has 6 nitrogen and oxygen atoms in total. The Bertz CT molecular complexity index is 979. The number of hydrogen-bond acceptors (Lipinski definition) is 3. The number of benzene rings is 2. The summed E-state index contributed by atoms with van der Waals surface area (Å²) in [6.45, 7) is 2.58. The molecule has 0 radical (unpaired) electrons. The lowest BCUT2D eigenvalue weighted by Crippen LogP contribution is -2.53. The summed E-state index contributed by atoms with van der Waals surface area (Å²) in [5, 5.41) is 10.2. The van der Waals surface area contributed by atoms with Gasteiger partial charge in [0.25, 0.3) is 0 Å². The standard InChI is InChI=1S/C22H22Cl2N2O4/c1-14(27)19-5-3-2-4-16(19)12-25-10-15(8-21(28)29)11-26(22(25)30)13-17-6-7-18(23)9-20(17)24/h2-7,9,15H,8,10-13H2,1H3,(H,28,29). The van der Waals surface area contributed by atoms with E-state index in [1.807, 2.05) is 12.1 Å². The Hall–Kier alpha value is -2.57. The van der Waals surface area contributed by atoms with Crippen LogP contribution in [0, 0.1) is 5.92 Å². The average molecular weight is 449 g/mol. The Labute approximate surface area is 185 Å². The van der Waals surface area contributed by atoms with E-state index in [2.05, 4.69) is 0 Å². The molecule has 3 rings (SSSR count). The highest BCUT2D eigenvalue weighted by Crippen LogP contribution is 2.26. The number of carboxylic acids is 1. The van der Waals surface area contributed by atoms with Crippen molar-refractivity contribution < 1.29 is 19.5 Å². The zero-order valence-electron chi connectivity index (χ0n) is 16.5. The van der Waals surface area contributed by atoms with Crippen LogP contribution in [0.1, 0.15) is 34.8 Å². The van der Waals surface area contributed by atoms with E-state index >= 15 is 0 Å². The van der Waals surface area contributed by atoms with Gasteiger partial charge in [-0.05, 0) is 30.2 Å². The molecule has 0 spiro atoms. The first-order valence-corrected chi connectivity index (χ1v) is 10.3. The molecule has 0 saturated carbocycles. The average Bonchev–Trinajstić information content (AvgIpc) is 2.67.